The molecule has 0 radical (unpaired) electrons. The Morgan fingerprint density at radius 3 is 2.69 bits per heavy atom. The lowest BCUT2D eigenvalue weighted by Crippen LogP contribution is -2.50. The summed E-state index contributed by atoms with van der Waals surface area (Å²) >= 11 is 3.21. The molecule has 0 amide bonds. The van der Waals surface area contributed by atoms with Gasteiger partial charge in [-0.1, -0.05) is 15.9 Å². The summed E-state index contributed by atoms with van der Waals surface area (Å²) in [6.45, 7) is 1.68. The Kier molecular flexibility index (Phi) is 2.51. The normalized spacial score (nSPS) is 16.8. The third-order valence-electron chi connectivity index (χ3n) is 1.88. The average Bonchev–Trinajstić information content (AvgIpc) is 1.95. The molecule has 0 aliphatic carbocycles. The number of nitrogens with one attached hydrogen (secondary N) is 1. The Morgan fingerprint density at radius 2 is 2.15 bits per heavy atom. The van der Waals surface area contributed by atoms with Crippen LogP contribution < -0.4 is 10.1 Å². The Bertz CT molecular complexity index is 294. The smallest absolute Gasteiger partial charge is 0.128 e. The number of hydrogen-bond acceptors (Lipinski definition) is 2. The van der Waals surface area contributed by atoms with Gasteiger partial charge in [0.1, 0.15) is 17.7 Å². The maximum Gasteiger partial charge on any atom is 0.128 e. The molecule has 1 aromatic carbocycles. The first-order chi connectivity index (χ1) is 6.24. The van der Waals surface area contributed by atoms with E-state index in [0.717, 1.165) is 13.1 Å². The molecule has 1 saturated heterocycles. The maximum absolute atomic E-state index is 12.9. The Morgan fingerprint density at radius 1 is 1.38 bits per heavy atom. The van der Waals surface area contributed by atoms with Gasteiger partial charge in [-0.15, -0.1) is 0 Å². The zero-order chi connectivity index (χ0) is 9.26. The molecule has 0 atom stereocenters. The van der Waals surface area contributed by atoms with Crippen molar-refractivity contribution < 1.29 is 9.13 Å². The van der Waals surface area contributed by atoms with Crippen LogP contribution in [-0.4, -0.2) is 19.2 Å². The number of rotatable bonds is 2. The second-order valence-corrected chi connectivity index (χ2v) is 3.92. The summed E-state index contributed by atoms with van der Waals surface area (Å²) in [6.07, 6.45) is 0.189. The Hall–Kier alpha value is -0.610. The summed E-state index contributed by atoms with van der Waals surface area (Å²) in [6, 6.07) is 4.57. The fourth-order valence-electron chi connectivity index (χ4n) is 1.13. The Labute approximate surface area is 84.2 Å². The predicted molar refractivity (Wildman–Crippen MR) is 51.4 cm³/mol. The topological polar surface area (TPSA) is 21.3 Å². The molecule has 1 N–H and O–H groups in total. The van der Waals surface area contributed by atoms with E-state index in [4.69, 9.17) is 4.74 Å². The monoisotopic (exact) mass is 245 g/mol. The van der Waals surface area contributed by atoms with E-state index < -0.39 is 0 Å². The molecule has 1 aliphatic heterocycles. The molecule has 13 heavy (non-hydrogen) atoms. The fourth-order valence-corrected chi connectivity index (χ4v) is 1.58. The van der Waals surface area contributed by atoms with Crippen molar-refractivity contribution in [2.24, 2.45) is 0 Å². The summed E-state index contributed by atoms with van der Waals surface area (Å²) in [7, 11) is 0. The third-order valence-corrected chi connectivity index (χ3v) is 2.34. The van der Waals surface area contributed by atoms with Crippen molar-refractivity contribution in [1.29, 1.82) is 0 Å². The molecule has 0 aromatic heterocycles. The molecule has 0 bridgehead atoms. The van der Waals surface area contributed by atoms with Crippen LogP contribution in [0.15, 0.2) is 22.7 Å². The van der Waals surface area contributed by atoms with Crippen molar-refractivity contribution in [2.75, 3.05) is 13.1 Å². The molecule has 4 heteroatoms. The van der Waals surface area contributed by atoms with Crippen molar-refractivity contribution in [3.05, 3.63) is 28.5 Å². The van der Waals surface area contributed by atoms with E-state index in [1.807, 2.05) is 0 Å². The van der Waals surface area contributed by atoms with Gasteiger partial charge in [0.05, 0.1) is 0 Å². The van der Waals surface area contributed by atoms with Gasteiger partial charge in [-0.05, 0) is 12.1 Å². The van der Waals surface area contributed by atoms with E-state index in [1.165, 1.54) is 12.1 Å². The summed E-state index contributed by atoms with van der Waals surface area (Å²) in [5.41, 5.74) is 0. The van der Waals surface area contributed by atoms with Gasteiger partial charge in [0.25, 0.3) is 0 Å². The number of halogens is 2. The molecular weight excluding hydrogens is 237 g/mol. The van der Waals surface area contributed by atoms with Gasteiger partial charge < -0.3 is 10.1 Å². The standard InChI is InChI=1S/C9H9BrFNO/c10-6-1-7(11)3-8(2-6)13-9-4-12-5-9/h1-3,9,12H,4-5H2. The minimum absolute atomic E-state index is 0.189. The molecule has 0 unspecified atom stereocenters. The van der Waals surface area contributed by atoms with E-state index in [2.05, 4.69) is 21.2 Å². The third kappa shape index (κ3) is 2.19. The molecule has 2 rings (SSSR count). The van der Waals surface area contributed by atoms with E-state index in [-0.39, 0.29) is 11.9 Å². The highest BCUT2D eigenvalue weighted by atomic mass is 79.9. The van der Waals surface area contributed by atoms with Crippen LogP contribution in [0, 0.1) is 5.82 Å². The first-order valence-electron chi connectivity index (χ1n) is 4.07. The van der Waals surface area contributed by atoms with Crippen molar-refractivity contribution in [3.8, 4) is 5.75 Å². The summed E-state index contributed by atoms with van der Waals surface area (Å²) in [5, 5.41) is 3.08. The maximum atomic E-state index is 12.9. The Balaban J connectivity index is 2.10. The lowest BCUT2D eigenvalue weighted by molar-refractivity contribution is 0.141. The van der Waals surface area contributed by atoms with Crippen LogP contribution in [0.5, 0.6) is 5.75 Å². The summed E-state index contributed by atoms with van der Waals surface area (Å²) in [4.78, 5) is 0. The van der Waals surface area contributed by atoms with Crippen LogP contribution in [0.25, 0.3) is 0 Å². The van der Waals surface area contributed by atoms with Crippen LogP contribution in [0.4, 0.5) is 4.39 Å². The van der Waals surface area contributed by atoms with Crippen molar-refractivity contribution in [2.45, 2.75) is 6.10 Å². The zero-order valence-electron chi connectivity index (χ0n) is 6.89. The SMILES string of the molecule is Fc1cc(Br)cc(OC2CNC2)c1. The first-order valence-corrected chi connectivity index (χ1v) is 4.87. The molecule has 1 heterocycles. The van der Waals surface area contributed by atoms with Crippen molar-refractivity contribution >= 4 is 15.9 Å². The second-order valence-electron chi connectivity index (χ2n) is 3.00. The molecule has 1 aliphatic rings. The molecule has 1 aromatic rings. The van der Waals surface area contributed by atoms with E-state index >= 15 is 0 Å². The van der Waals surface area contributed by atoms with Gasteiger partial charge in [-0.3, -0.25) is 0 Å². The van der Waals surface area contributed by atoms with Crippen LogP contribution in [-0.2, 0) is 0 Å². The fraction of sp³-hybridized carbons (Fsp3) is 0.333. The summed E-state index contributed by atoms with van der Waals surface area (Å²) in [5.74, 6) is 0.301. The highest BCUT2D eigenvalue weighted by molar-refractivity contribution is 9.10. The number of benzene rings is 1. The van der Waals surface area contributed by atoms with Gasteiger partial charge in [0.15, 0.2) is 0 Å². The predicted octanol–water partition coefficient (Wildman–Crippen LogP) is 1.94. The average molecular weight is 246 g/mol. The minimum Gasteiger partial charge on any atom is -0.488 e. The van der Waals surface area contributed by atoms with Crippen molar-refractivity contribution in [1.82, 2.24) is 5.32 Å². The van der Waals surface area contributed by atoms with Crippen LogP contribution >= 0.6 is 15.9 Å². The minimum atomic E-state index is -0.281. The van der Waals surface area contributed by atoms with E-state index in [1.54, 1.807) is 6.07 Å². The zero-order valence-corrected chi connectivity index (χ0v) is 8.47. The van der Waals surface area contributed by atoms with Crippen LogP contribution in [0.3, 0.4) is 0 Å². The van der Waals surface area contributed by atoms with Gasteiger partial charge in [-0.25, -0.2) is 4.39 Å². The van der Waals surface area contributed by atoms with Gasteiger partial charge >= 0.3 is 0 Å². The largest absolute Gasteiger partial charge is 0.488 e. The van der Waals surface area contributed by atoms with Gasteiger partial charge in [-0.2, -0.15) is 0 Å². The lowest BCUT2D eigenvalue weighted by Gasteiger charge is -2.27. The highest BCUT2D eigenvalue weighted by Gasteiger charge is 2.18. The number of hydrogen-bond donors (Lipinski definition) is 1. The molecule has 0 saturated carbocycles. The number of ether oxygens (including phenoxy) is 1. The van der Waals surface area contributed by atoms with Gasteiger partial charge in [0.2, 0.25) is 0 Å². The molecule has 2 nitrogen and oxygen atoms in total. The second kappa shape index (κ2) is 3.64. The van der Waals surface area contributed by atoms with Crippen molar-refractivity contribution in [3.63, 3.8) is 0 Å². The molecule has 1 fully saturated rings. The first kappa shape index (κ1) is 8.97. The highest BCUT2D eigenvalue weighted by Crippen LogP contribution is 2.21. The van der Waals surface area contributed by atoms with E-state index in [0.29, 0.717) is 10.2 Å². The molecule has 70 valence electrons. The summed E-state index contributed by atoms with van der Waals surface area (Å²) < 4.78 is 19.1. The van der Waals surface area contributed by atoms with E-state index in [9.17, 15) is 4.39 Å². The quantitative estimate of drug-likeness (QED) is 0.860. The molecule has 0 spiro atoms. The van der Waals surface area contributed by atoms with Crippen LogP contribution in [0.1, 0.15) is 0 Å². The molecular formula is C9H9BrFNO. The van der Waals surface area contributed by atoms with Gasteiger partial charge in [0, 0.05) is 23.6 Å². The lowest BCUT2D eigenvalue weighted by atomic mass is 10.2. The van der Waals surface area contributed by atoms with Crippen LogP contribution in [0.2, 0.25) is 0 Å².